The highest BCUT2D eigenvalue weighted by molar-refractivity contribution is 8.00. The van der Waals surface area contributed by atoms with Crippen LogP contribution in [-0.2, 0) is 4.79 Å². The van der Waals surface area contributed by atoms with Crippen LogP contribution in [0, 0.1) is 0 Å². The first-order valence-electron chi connectivity index (χ1n) is 8.83. The Morgan fingerprint density at radius 3 is 2.63 bits per heavy atom. The smallest absolute Gasteiger partial charge is 0.237 e. The summed E-state index contributed by atoms with van der Waals surface area (Å²) in [6.07, 6.45) is 1.52. The van der Waals surface area contributed by atoms with Crippen LogP contribution in [0.15, 0.2) is 59.2 Å². The molecule has 1 N–H and O–H groups in total. The summed E-state index contributed by atoms with van der Waals surface area (Å²) >= 11 is 21.1. The van der Waals surface area contributed by atoms with Crippen LogP contribution in [0.2, 0.25) is 15.1 Å². The van der Waals surface area contributed by atoms with E-state index in [-0.39, 0.29) is 5.91 Å². The number of amides is 1. The first-order chi connectivity index (χ1) is 14.4. The molecule has 1 amide bonds. The molecule has 0 fully saturated rings. The lowest BCUT2D eigenvalue weighted by Crippen LogP contribution is -2.22. The van der Waals surface area contributed by atoms with Gasteiger partial charge >= 0.3 is 0 Å². The number of thioether (sulfide) groups is 1. The molecule has 0 saturated carbocycles. The van der Waals surface area contributed by atoms with E-state index < -0.39 is 5.25 Å². The molecule has 4 rings (SSSR count). The van der Waals surface area contributed by atoms with Crippen LogP contribution in [0.1, 0.15) is 6.92 Å². The highest BCUT2D eigenvalue weighted by Crippen LogP contribution is 2.39. The molecule has 4 aromatic rings. The zero-order valence-electron chi connectivity index (χ0n) is 15.5. The maximum absolute atomic E-state index is 12.8. The summed E-state index contributed by atoms with van der Waals surface area (Å²) in [6.45, 7) is 1.82. The first kappa shape index (κ1) is 21.4. The van der Waals surface area contributed by atoms with Gasteiger partial charge in [0.25, 0.3) is 0 Å². The summed E-state index contributed by atoms with van der Waals surface area (Å²) in [5, 5.41) is 7.51. The molecule has 0 aliphatic heterocycles. The number of thiophene rings is 1. The molecule has 0 saturated heterocycles. The number of anilines is 1. The normalized spacial score (nSPS) is 12.1. The molecule has 2 heterocycles. The Labute approximate surface area is 196 Å². The maximum Gasteiger partial charge on any atom is 0.237 e. The summed E-state index contributed by atoms with van der Waals surface area (Å²) < 4.78 is 0. The molecule has 0 unspecified atom stereocenters. The number of rotatable bonds is 5. The van der Waals surface area contributed by atoms with Crippen LogP contribution in [0.4, 0.5) is 5.69 Å². The van der Waals surface area contributed by atoms with Gasteiger partial charge in [0, 0.05) is 16.0 Å². The highest BCUT2D eigenvalue weighted by Gasteiger charge is 2.21. The summed E-state index contributed by atoms with van der Waals surface area (Å²) in [4.78, 5) is 22.5. The Hall–Kier alpha value is -1.83. The number of carbonyl (C=O) groups excluding carboxylic acids is 1. The van der Waals surface area contributed by atoms with Crippen molar-refractivity contribution < 1.29 is 4.79 Å². The lowest BCUT2D eigenvalue weighted by molar-refractivity contribution is -0.115. The van der Waals surface area contributed by atoms with Crippen molar-refractivity contribution in [1.29, 1.82) is 0 Å². The number of nitrogens with one attached hydrogen (secondary N) is 1. The van der Waals surface area contributed by atoms with Gasteiger partial charge in [0.15, 0.2) is 0 Å². The lowest BCUT2D eigenvalue weighted by atomic mass is 10.1. The molecule has 0 aliphatic carbocycles. The van der Waals surface area contributed by atoms with Gasteiger partial charge in [-0.2, -0.15) is 0 Å². The van der Waals surface area contributed by atoms with Gasteiger partial charge in [-0.05, 0) is 36.8 Å². The van der Waals surface area contributed by atoms with Crippen molar-refractivity contribution in [3.05, 3.63) is 69.2 Å². The number of benzene rings is 2. The summed E-state index contributed by atoms with van der Waals surface area (Å²) in [7, 11) is 0. The highest BCUT2D eigenvalue weighted by atomic mass is 35.5. The second-order valence-electron chi connectivity index (χ2n) is 6.37. The Balaban J connectivity index is 1.62. The van der Waals surface area contributed by atoms with Gasteiger partial charge < -0.3 is 5.32 Å². The molecule has 0 aliphatic rings. The van der Waals surface area contributed by atoms with E-state index in [1.807, 2.05) is 36.6 Å². The average Bonchev–Trinajstić information content (AvgIpc) is 3.17. The van der Waals surface area contributed by atoms with Crippen LogP contribution >= 0.6 is 57.9 Å². The van der Waals surface area contributed by atoms with E-state index in [4.69, 9.17) is 34.8 Å². The third-order valence-corrected chi connectivity index (χ3v) is 7.42. The molecule has 0 radical (unpaired) electrons. The molecule has 30 heavy (non-hydrogen) atoms. The Kier molecular flexibility index (Phi) is 6.51. The predicted molar refractivity (Wildman–Crippen MR) is 128 cm³/mol. The monoisotopic (exact) mass is 493 g/mol. The van der Waals surface area contributed by atoms with Gasteiger partial charge in [-0.3, -0.25) is 4.79 Å². The Bertz CT molecular complexity index is 1230. The number of carbonyl (C=O) groups is 1. The molecule has 9 heteroatoms. The largest absolute Gasteiger partial charge is 0.324 e. The minimum absolute atomic E-state index is 0.195. The summed E-state index contributed by atoms with van der Waals surface area (Å²) in [5.41, 5.74) is 2.51. The predicted octanol–water partition coefficient (Wildman–Crippen LogP) is 7.44. The van der Waals surface area contributed by atoms with Crippen LogP contribution in [0.25, 0.3) is 21.3 Å². The Morgan fingerprint density at radius 2 is 1.87 bits per heavy atom. The minimum atomic E-state index is -0.420. The van der Waals surface area contributed by atoms with Gasteiger partial charge in [0.1, 0.15) is 16.2 Å². The van der Waals surface area contributed by atoms with Gasteiger partial charge in [-0.25, -0.2) is 9.97 Å². The van der Waals surface area contributed by atoms with Crippen molar-refractivity contribution in [3.8, 4) is 11.1 Å². The van der Waals surface area contributed by atoms with E-state index in [1.54, 1.807) is 18.2 Å². The van der Waals surface area contributed by atoms with Gasteiger partial charge in [-0.1, -0.05) is 64.8 Å². The molecule has 152 valence electrons. The van der Waals surface area contributed by atoms with Crippen molar-refractivity contribution in [3.63, 3.8) is 0 Å². The van der Waals surface area contributed by atoms with E-state index in [2.05, 4.69) is 15.3 Å². The fourth-order valence-corrected chi connectivity index (χ4v) is 5.22. The van der Waals surface area contributed by atoms with Crippen LogP contribution in [0.5, 0.6) is 0 Å². The SMILES string of the molecule is C[C@@H](Sc1ncnc2scc(-c3ccc(Cl)cc3)c12)C(=O)Nc1cccc(Cl)c1Cl. The van der Waals surface area contributed by atoms with Crippen LogP contribution in [0.3, 0.4) is 0 Å². The fraction of sp³-hybridized carbons (Fsp3) is 0.0952. The van der Waals surface area contributed by atoms with Gasteiger partial charge in [0.2, 0.25) is 5.91 Å². The molecule has 0 spiro atoms. The van der Waals surface area contributed by atoms with Gasteiger partial charge in [0.05, 0.1) is 26.4 Å². The molecule has 1 atom stereocenters. The quantitative estimate of drug-likeness (QED) is 0.231. The number of fused-ring (bicyclic) bond motifs is 1. The standard InChI is InChI=1S/C21H14Cl3N3OS2/c1-11(19(28)27-16-4-2-3-15(23)18(16)24)30-21-17-14(9-29-20(17)25-10-26-21)12-5-7-13(22)8-6-12/h2-11H,1H3,(H,27,28)/t11-/m1/s1. The van der Waals surface area contributed by atoms with Crippen molar-refractivity contribution in [1.82, 2.24) is 9.97 Å². The topological polar surface area (TPSA) is 54.9 Å². The number of nitrogens with zero attached hydrogens (tertiary/aromatic N) is 2. The lowest BCUT2D eigenvalue weighted by Gasteiger charge is -2.14. The number of halogens is 3. The second-order valence-corrected chi connectivity index (χ2v) is 9.78. The van der Waals surface area contributed by atoms with Crippen molar-refractivity contribution in [2.45, 2.75) is 17.2 Å². The summed E-state index contributed by atoms with van der Waals surface area (Å²) in [6, 6.07) is 12.7. The van der Waals surface area contributed by atoms with E-state index in [0.717, 1.165) is 26.4 Å². The molecule has 0 bridgehead atoms. The molecule has 4 nitrogen and oxygen atoms in total. The average molecular weight is 495 g/mol. The molecular weight excluding hydrogens is 481 g/mol. The van der Waals surface area contributed by atoms with Gasteiger partial charge in [-0.15, -0.1) is 11.3 Å². The van der Waals surface area contributed by atoms with Crippen molar-refractivity contribution >= 4 is 79.7 Å². The molecule has 2 aromatic heterocycles. The van der Waals surface area contributed by atoms with Crippen LogP contribution in [-0.4, -0.2) is 21.1 Å². The van der Waals surface area contributed by atoms with E-state index in [1.165, 1.54) is 29.4 Å². The third kappa shape index (κ3) is 4.43. The van der Waals surface area contributed by atoms with E-state index in [0.29, 0.717) is 20.8 Å². The second kappa shape index (κ2) is 9.12. The van der Waals surface area contributed by atoms with E-state index in [9.17, 15) is 4.79 Å². The third-order valence-electron chi connectivity index (χ3n) is 4.36. The number of hydrogen-bond donors (Lipinski definition) is 1. The number of hydrogen-bond acceptors (Lipinski definition) is 5. The van der Waals surface area contributed by atoms with Crippen molar-refractivity contribution in [2.24, 2.45) is 0 Å². The van der Waals surface area contributed by atoms with Crippen molar-refractivity contribution in [2.75, 3.05) is 5.32 Å². The fourth-order valence-electron chi connectivity index (χ4n) is 2.83. The minimum Gasteiger partial charge on any atom is -0.324 e. The zero-order chi connectivity index (χ0) is 21.3. The van der Waals surface area contributed by atoms with E-state index >= 15 is 0 Å². The maximum atomic E-state index is 12.8. The zero-order valence-corrected chi connectivity index (χ0v) is 19.4. The number of aromatic nitrogens is 2. The summed E-state index contributed by atoms with van der Waals surface area (Å²) in [5.74, 6) is -0.195. The molecule has 2 aromatic carbocycles. The molecular formula is C21H14Cl3N3OS2. The first-order valence-corrected chi connectivity index (χ1v) is 11.7. The Morgan fingerprint density at radius 1 is 1.10 bits per heavy atom. The van der Waals surface area contributed by atoms with Crippen LogP contribution < -0.4 is 5.32 Å².